The van der Waals surface area contributed by atoms with Crippen molar-refractivity contribution in [1.29, 1.82) is 0 Å². The average molecular weight is 651 g/mol. The Morgan fingerprint density at radius 3 is 1.26 bits per heavy atom. The molecular weight excluding hydrogens is 569 g/mol. The summed E-state index contributed by atoms with van der Waals surface area (Å²) in [5.41, 5.74) is -0.118. The van der Waals surface area contributed by atoms with Gasteiger partial charge in [-0.2, -0.15) is 0 Å². The first-order chi connectivity index (χ1) is 23.1. The second-order valence-corrected chi connectivity index (χ2v) is 15.1. The van der Waals surface area contributed by atoms with Gasteiger partial charge in [-0.3, -0.25) is 0 Å². The number of hydrogen-bond acceptors (Lipinski definition) is 1. The van der Waals surface area contributed by atoms with E-state index in [-0.39, 0.29) is 5.60 Å². The summed E-state index contributed by atoms with van der Waals surface area (Å²) in [5.74, 6) is 1.47. The van der Waals surface area contributed by atoms with Crippen molar-refractivity contribution >= 4 is 0 Å². The van der Waals surface area contributed by atoms with Gasteiger partial charge in [-0.1, -0.05) is 172 Å². The zero-order chi connectivity index (χ0) is 34.1. The Labute approximate surface area is 296 Å². The molecule has 1 saturated carbocycles. The Morgan fingerprint density at radius 2 is 0.894 bits per heavy atom. The van der Waals surface area contributed by atoms with Gasteiger partial charge in [-0.25, -0.2) is 0 Å². The van der Waals surface area contributed by atoms with Crippen LogP contribution in [0.2, 0.25) is 0 Å². The van der Waals surface area contributed by atoms with Gasteiger partial charge in [0.05, 0.1) is 11.7 Å². The van der Waals surface area contributed by atoms with E-state index in [1.165, 1.54) is 154 Å². The van der Waals surface area contributed by atoms with Crippen molar-refractivity contribution in [3.05, 3.63) is 61.3 Å². The lowest BCUT2D eigenvalue weighted by atomic mass is 9.88. The number of allylic oxidation sites excluding steroid dienone is 8. The maximum atomic E-state index is 7.04. The van der Waals surface area contributed by atoms with Crippen LogP contribution < -0.4 is 0 Å². The highest BCUT2D eigenvalue weighted by Gasteiger charge is 2.36. The van der Waals surface area contributed by atoms with E-state index < -0.39 is 0 Å². The number of hydrogen-bond donors (Lipinski definition) is 0. The Bertz CT molecular complexity index is 752. The quantitative estimate of drug-likeness (QED) is 0.0507. The predicted octanol–water partition coefficient (Wildman–Crippen LogP) is 15.8. The van der Waals surface area contributed by atoms with Crippen LogP contribution in [0, 0.1) is 11.8 Å². The molecule has 0 aliphatic heterocycles. The summed E-state index contributed by atoms with van der Waals surface area (Å²) >= 11 is 0. The molecule has 272 valence electrons. The fourth-order valence-electron chi connectivity index (χ4n) is 7.30. The summed E-state index contributed by atoms with van der Waals surface area (Å²) in [6, 6.07) is 0. The molecule has 0 radical (unpaired) electrons. The molecule has 1 nitrogen and oxygen atoms in total. The third-order valence-corrected chi connectivity index (χ3v) is 10.4. The van der Waals surface area contributed by atoms with E-state index in [1.807, 2.05) is 0 Å². The summed E-state index contributed by atoms with van der Waals surface area (Å²) in [7, 11) is 0. The molecule has 1 rings (SSSR count). The number of rotatable bonds is 33. The Kier molecular flexibility index (Phi) is 29.6. The van der Waals surface area contributed by atoms with Gasteiger partial charge in [0.15, 0.2) is 0 Å². The van der Waals surface area contributed by atoms with Crippen LogP contribution in [0.4, 0.5) is 0 Å². The van der Waals surface area contributed by atoms with Crippen molar-refractivity contribution in [2.45, 2.75) is 219 Å². The molecule has 0 N–H and O–H groups in total. The summed E-state index contributed by atoms with van der Waals surface area (Å²) in [5, 5.41) is 0. The molecule has 1 fully saturated rings. The van der Waals surface area contributed by atoms with Crippen molar-refractivity contribution in [2.24, 2.45) is 11.8 Å². The lowest BCUT2D eigenvalue weighted by molar-refractivity contribution is -0.0872. The molecule has 0 amide bonds. The summed E-state index contributed by atoms with van der Waals surface area (Å²) in [6.45, 7) is 13.7. The first-order valence-electron chi connectivity index (χ1n) is 21.0. The van der Waals surface area contributed by atoms with Crippen LogP contribution in [-0.2, 0) is 4.74 Å². The third-order valence-electron chi connectivity index (χ3n) is 10.4. The third kappa shape index (κ3) is 25.3. The van der Waals surface area contributed by atoms with E-state index >= 15 is 0 Å². The SMILES string of the molecule is C=CC(CCCCCCCC/C=C\C/C=C\CCCCC)(CCCCCCCC/C=C\C/C=C\CCCCC)O[C@@H]1CC(C)C[C@@H]1C. The highest BCUT2D eigenvalue weighted by molar-refractivity contribution is 5.00. The first-order valence-corrected chi connectivity index (χ1v) is 21.0. The molecule has 47 heavy (non-hydrogen) atoms. The van der Waals surface area contributed by atoms with Crippen LogP contribution in [0.5, 0.6) is 0 Å². The van der Waals surface area contributed by atoms with Gasteiger partial charge in [0.1, 0.15) is 0 Å². The average Bonchev–Trinajstić information content (AvgIpc) is 3.39. The van der Waals surface area contributed by atoms with Crippen LogP contribution in [0.1, 0.15) is 207 Å². The van der Waals surface area contributed by atoms with Gasteiger partial charge in [0.25, 0.3) is 0 Å². The summed E-state index contributed by atoms with van der Waals surface area (Å²) < 4.78 is 7.04. The van der Waals surface area contributed by atoms with Crippen LogP contribution in [0.3, 0.4) is 0 Å². The minimum absolute atomic E-state index is 0.118. The van der Waals surface area contributed by atoms with Gasteiger partial charge in [0, 0.05) is 0 Å². The van der Waals surface area contributed by atoms with Crippen LogP contribution in [0.15, 0.2) is 61.3 Å². The van der Waals surface area contributed by atoms with Crippen molar-refractivity contribution in [3.8, 4) is 0 Å². The van der Waals surface area contributed by atoms with Crippen LogP contribution in [-0.4, -0.2) is 11.7 Å². The second kappa shape index (κ2) is 31.9. The van der Waals surface area contributed by atoms with Crippen molar-refractivity contribution < 1.29 is 4.74 Å². The molecule has 0 bridgehead atoms. The molecule has 1 aliphatic rings. The lowest BCUT2D eigenvalue weighted by Gasteiger charge is -2.36. The smallest absolute Gasteiger partial charge is 0.0863 e. The molecule has 0 aromatic carbocycles. The Hall–Kier alpha value is -1.34. The predicted molar refractivity (Wildman–Crippen MR) is 213 cm³/mol. The topological polar surface area (TPSA) is 9.23 Å². The Balaban J connectivity index is 2.25. The molecule has 0 saturated heterocycles. The lowest BCUT2D eigenvalue weighted by Crippen LogP contribution is -2.36. The fourth-order valence-corrected chi connectivity index (χ4v) is 7.30. The fraction of sp³-hybridized carbons (Fsp3) is 0.783. The van der Waals surface area contributed by atoms with Crippen molar-refractivity contribution in [2.75, 3.05) is 0 Å². The summed E-state index contributed by atoms with van der Waals surface area (Å²) in [4.78, 5) is 0. The Morgan fingerprint density at radius 1 is 0.511 bits per heavy atom. The zero-order valence-corrected chi connectivity index (χ0v) is 32.3. The van der Waals surface area contributed by atoms with E-state index in [0.717, 1.165) is 31.6 Å². The molecule has 0 heterocycles. The maximum absolute atomic E-state index is 7.04. The molecule has 1 heteroatoms. The van der Waals surface area contributed by atoms with Crippen molar-refractivity contribution in [1.82, 2.24) is 0 Å². The van der Waals surface area contributed by atoms with Gasteiger partial charge in [0.2, 0.25) is 0 Å². The van der Waals surface area contributed by atoms with Gasteiger partial charge in [-0.05, 0) is 102 Å². The minimum atomic E-state index is -0.118. The number of unbranched alkanes of at least 4 members (excludes halogenated alkanes) is 18. The first kappa shape index (κ1) is 43.7. The standard InChI is InChI=1S/C46H82O/c1-6-9-11-13-15-17-19-21-23-25-27-29-31-33-35-37-39-46(8-3,47-45-42-43(4)41-44(45)5)40-38-36-34-32-30-28-26-24-22-20-18-16-14-12-10-7-2/h8,15-18,21-24,43-45H,3,6-7,9-14,19-20,25-42H2,1-2,4-5H3/b17-15-,18-16-,23-21-,24-22-/t43?,44-,45+/m0/s1. The number of ether oxygens (including phenoxy) is 1. The molecule has 1 aliphatic carbocycles. The van der Waals surface area contributed by atoms with Gasteiger partial charge >= 0.3 is 0 Å². The minimum Gasteiger partial charge on any atom is -0.367 e. The monoisotopic (exact) mass is 651 g/mol. The van der Waals surface area contributed by atoms with Crippen LogP contribution >= 0.6 is 0 Å². The highest BCUT2D eigenvalue weighted by Crippen LogP contribution is 2.39. The van der Waals surface area contributed by atoms with Crippen molar-refractivity contribution in [3.63, 3.8) is 0 Å². The van der Waals surface area contributed by atoms with E-state index in [2.05, 4.69) is 89.0 Å². The van der Waals surface area contributed by atoms with E-state index in [9.17, 15) is 0 Å². The molecule has 0 aromatic heterocycles. The molecule has 1 unspecified atom stereocenters. The highest BCUT2D eigenvalue weighted by atomic mass is 16.5. The van der Waals surface area contributed by atoms with E-state index in [0.29, 0.717) is 12.0 Å². The largest absolute Gasteiger partial charge is 0.367 e. The van der Waals surface area contributed by atoms with E-state index in [4.69, 9.17) is 4.74 Å². The molecule has 3 atom stereocenters. The molecular formula is C46H82O. The second-order valence-electron chi connectivity index (χ2n) is 15.1. The molecule has 0 spiro atoms. The molecule has 0 aromatic rings. The van der Waals surface area contributed by atoms with E-state index in [1.54, 1.807) is 0 Å². The van der Waals surface area contributed by atoms with Gasteiger partial charge < -0.3 is 4.74 Å². The maximum Gasteiger partial charge on any atom is 0.0863 e. The summed E-state index contributed by atoms with van der Waals surface area (Å²) in [6.07, 6.45) is 57.7. The van der Waals surface area contributed by atoms with Gasteiger partial charge in [-0.15, -0.1) is 6.58 Å². The normalized spacial score (nSPS) is 19.0. The zero-order valence-electron chi connectivity index (χ0n) is 32.3. The van der Waals surface area contributed by atoms with Crippen LogP contribution in [0.25, 0.3) is 0 Å².